The first kappa shape index (κ1) is 13.3. The Kier molecular flexibility index (Phi) is 5.94. The fourth-order valence-corrected chi connectivity index (χ4v) is 5.37. The Labute approximate surface area is 98.5 Å². The molecule has 0 bridgehead atoms. The fourth-order valence-electron chi connectivity index (χ4n) is 0.965. The predicted molar refractivity (Wildman–Crippen MR) is 66.5 cm³/mol. The summed E-state index contributed by atoms with van der Waals surface area (Å²) in [5, 5.41) is 2.00. The molecule has 0 atom stereocenters. The second kappa shape index (κ2) is 6.71. The zero-order valence-corrected chi connectivity index (χ0v) is 11.4. The summed E-state index contributed by atoms with van der Waals surface area (Å²) < 4.78 is 22.4. The Morgan fingerprint density at radius 1 is 1.40 bits per heavy atom. The highest BCUT2D eigenvalue weighted by atomic mass is 32.7. The summed E-state index contributed by atoms with van der Waals surface area (Å²) in [6.45, 7) is 1.52. The Hall–Kier alpha value is 0.200. The molecule has 0 aromatic carbocycles. The first-order chi connectivity index (χ1) is 7.20. The quantitative estimate of drug-likeness (QED) is 0.694. The Bertz CT molecular complexity index is 303. The minimum absolute atomic E-state index is 0.411. The number of hydrogen-bond donors (Lipinski definition) is 0. The predicted octanol–water partition coefficient (Wildman–Crippen LogP) is 4.16. The van der Waals surface area contributed by atoms with Crippen LogP contribution in [0.4, 0.5) is 0 Å². The molecule has 1 rings (SSSR count). The molecule has 0 N–H and O–H groups in total. The molecular formula is C9H15O3PS2. The largest absolute Gasteiger partial charge is 0.389 e. The van der Waals surface area contributed by atoms with Crippen molar-refractivity contribution in [3.8, 4) is 0 Å². The van der Waals surface area contributed by atoms with Crippen LogP contribution in [-0.4, -0.2) is 13.2 Å². The molecule has 1 aromatic rings. The van der Waals surface area contributed by atoms with Crippen molar-refractivity contribution in [1.29, 1.82) is 0 Å². The van der Waals surface area contributed by atoms with E-state index in [-0.39, 0.29) is 0 Å². The van der Waals surface area contributed by atoms with Crippen LogP contribution in [0.1, 0.15) is 18.7 Å². The van der Waals surface area contributed by atoms with E-state index >= 15 is 0 Å². The molecule has 0 saturated carbocycles. The highest BCUT2D eigenvalue weighted by Gasteiger charge is 2.24. The minimum Gasteiger partial charge on any atom is -0.301 e. The molecule has 1 heterocycles. The van der Waals surface area contributed by atoms with Crippen molar-refractivity contribution >= 4 is 29.5 Å². The Morgan fingerprint density at radius 2 is 2.07 bits per heavy atom. The van der Waals surface area contributed by atoms with E-state index in [9.17, 15) is 4.57 Å². The van der Waals surface area contributed by atoms with Gasteiger partial charge in [0.2, 0.25) is 0 Å². The van der Waals surface area contributed by atoms with Gasteiger partial charge in [0.25, 0.3) is 0 Å². The maximum atomic E-state index is 12.0. The third-order valence-electron chi connectivity index (χ3n) is 1.52. The SMILES string of the molecule is CCOP(=O)(OCC)SCc1cccs1. The van der Waals surface area contributed by atoms with E-state index in [0.717, 1.165) is 0 Å². The molecule has 15 heavy (non-hydrogen) atoms. The van der Waals surface area contributed by atoms with E-state index in [1.165, 1.54) is 16.3 Å². The lowest BCUT2D eigenvalue weighted by Gasteiger charge is -2.15. The van der Waals surface area contributed by atoms with Crippen molar-refractivity contribution < 1.29 is 13.6 Å². The van der Waals surface area contributed by atoms with Crippen LogP contribution in [0.5, 0.6) is 0 Å². The molecule has 3 nitrogen and oxygen atoms in total. The van der Waals surface area contributed by atoms with Crippen molar-refractivity contribution in [1.82, 2.24) is 0 Å². The molecule has 6 heteroatoms. The molecule has 0 saturated heterocycles. The smallest absolute Gasteiger partial charge is 0.301 e. The van der Waals surface area contributed by atoms with Crippen molar-refractivity contribution in [3.05, 3.63) is 22.4 Å². The van der Waals surface area contributed by atoms with E-state index in [0.29, 0.717) is 19.0 Å². The minimum atomic E-state index is -2.94. The molecule has 0 fully saturated rings. The molecule has 0 amide bonds. The second-order valence-electron chi connectivity index (χ2n) is 2.64. The zero-order chi connectivity index (χ0) is 11.1. The second-order valence-corrected chi connectivity index (χ2v) is 7.74. The molecule has 0 aliphatic carbocycles. The Morgan fingerprint density at radius 3 is 2.53 bits per heavy atom. The van der Waals surface area contributed by atoms with Crippen LogP contribution >= 0.6 is 29.5 Å². The van der Waals surface area contributed by atoms with Gasteiger partial charge >= 0.3 is 6.80 Å². The number of hydrogen-bond acceptors (Lipinski definition) is 5. The summed E-state index contributed by atoms with van der Waals surface area (Å²) in [6, 6.07) is 3.99. The zero-order valence-electron chi connectivity index (χ0n) is 8.84. The van der Waals surface area contributed by atoms with Crippen LogP contribution in [0, 0.1) is 0 Å². The van der Waals surface area contributed by atoms with Gasteiger partial charge in [0, 0.05) is 10.6 Å². The maximum absolute atomic E-state index is 12.0. The third-order valence-corrected chi connectivity index (χ3v) is 6.45. The molecule has 0 radical (unpaired) electrons. The van der Waals surface area contributed by atoms with Crippen molar-refractivity contribution in [2.24, 2.45) is 0 Å². The van der Waals surface area contributed by atoms with E-state index in [1.54, 1.807) is 11.3 Å². The van der Waals surface area contributed by atoms with Crippen LogP contribution in [0.3, 0.4) is 0 Å². The van der Waals surface area contributed by atoms with Crippen LogP contribution in [0.2, 0.25) is 0 Å². The monoisotopic (exact) mass is 266 g/mol. The van der Waals surface area contributed by atoms with E-state index < -0.39 is 6.80 Å². The lowest BCUT2D eigenvalue weighted by molar-refractivity contribution is 0.237. The fraction of sp³-hybridized carbons (Fsp3) is 0.556. The highest BCUT2D eigenvalue weighted by Crippen LogP contribution is 2.61. The van der Waals surface area contributed by atoms with Crippen LogP contribution in [-0.2, 0) is 19.4 Å². The van der Waals surface area contributed by atoms with E-state index in [4.69, 9.17) is 9.05 Å². The molecule has 0 unspecified atom stereocenters. The van der Waals surface area contributed by atoms with E-state index in [1.807, 2.05) is 31.4 Å². The summed E-state index contributed by atoms with van der Waals surface area (Å²) in [5.41, 5.74) is 0. The van der Waals surface area contributed by atoms with Gasteiger partial charge in [-0.05, 0) is 36.7 Å². The lowest BCUT2D eigenvalue weighted by Crippen LogP contribution is -1.92. The average molecular weight is 266 g/mol. The highest BCUT2D eigenvalue weighted by molar-refractivity contribution is 8.54. The average Bonchev–Trinajstić information content (AvgIpc) is 2.68. The first-order valence-electron chi connectivity index (χ1n) is 4.76. The van der Waals surface area contributed by atoms with Gasteiger partial charge in [-0.3, -0.25) is 0 Å². The molecule has 0 aliphatic rings. The van der Waals surface area contributed by atoms with Gasteiger partial charge < -0.3 is 9.05 Å². The summed E-state index contributed by atoms with van der Waals surface area (Å²) in [5.74, 6) is 0.676. The van der Waals surface area contributed by atoms with Gasteiger partial charge in [-0.25, -0.2) is 4.57 Å². The number of thiophene rings is 1. The van der Waals surface area contributed by atoms with Gasteiger partial charge in [0.15, 0.2) is 0 Å². The molecule has 0 spiro atoms. The topological polar surface area (TPSA) is 35.5 Å². The van der Waals surface area contributed by atoms with Gasteiger partial charge in [0.05, 0.1) is 13.2 Å². The van der Waals surface area contributed by atoms with Gasteiger partial charge in [-0.1, -0.05) is 6.07 Å². The summed E-state index contributed by atoms with van der Waals surface area (Å²) in [7, 11) is 0. The van der Waals surface area contributed by atoms with E-state index in [2.05, 4.69) is 0 Å². The molecule has 0 aliphatic heterocycles. The van der Waals surface area contributed by atoms with Crippen molar-refractivity contribution in [2.45, 2.75) is 19.6 Å². The van der Waals surface area contributed by atoms with Gasteiger partial charge in [-0.15, -0.1) is 11.3 Å². The van der Waals surface area contributed by atoms with Crippen molar-refractivity contribution in [3.63, 3.8) is 0 Å². The Balaban J connectivity index is 2.48. The lowest BCUT2D eigenvalue weighted by atomic mass is 10.5. The standard InChI is InChI=1S/C9H15O3PS2/c1-3-11-13(10,12-4-2)15-8-9-6-5-7-14-9/h5-7H,3-4,8H2,1-2H3. The first-order valence-corrected chi connectivity index (χ1v) is 8.77. The van der Waals surface area contributed by atoms with Crippen molar-refractivity contribution in [2.75, 3.05) is 13.2 Å². The number of rotatable bonds is 7. The maximum Gasteiger partial charge on any atom is 0.389 e. The normalized spacial score (nSPS) is 11.9. The summed E-state index contributed by atoms with van der Waals surface area (Å²) >= 11 is 2.90. The van der Waals surface area contributed by atoms with Crippen LogP contribution in [0.25, 0.3) is 0 Å². The van der Waals surface area contributed by atoms with Gasteiger partial charge in [-0.2, -0.15) is 0 Å². The molecule has 1 aromatic heterocycles. The summed E-state index contributed by atoms with van der Waals surface area (Å²) in [6.07, 6.45) is 0. The molecule has 86 valence electrons. The van der Waals surface area contributed by atoms with Crippen LogP contribution < -0.4 is 0 Å². The third kappa shape index (κ3) is 4.70. The summed E-state index contributed by atoms with van der Waals surface area (Å²) in [4.78, 5) is 1.18. The van der Waals surface area contributed by atoms with Crippen LogP contribution in [0.15, 0.2) is 17.5 Å². The molecular weight excluding hydrogens is 251 g/mol. The van der Waals surface area contributed by atoms with Gasteiger partial charge in [0.1, 0.15) is 0 Å².